The number of fused-ring (bicyclic) bond motifs is 1. The van der Waals surface area contributed by atoms with Crippen LogP contribution >= 0.6 is 11.6 Å². The van der Waals surface area contributed by atoms with Crippen LogP contribution in [0.15, 0.2) is 41.5 Å². The first-order chi connectivity index (χ1) is 14.3. The van der Waals surface area contributed by atoms with E-state index in [-0.39, 0.29) is 28.1 Å². The molecular weight excluding hydrogens is 413 g/mol. The van der Waals surface area contributed by atoms with E-state index in [0.717, 1.165) is 18.5 Å². The van der Waals surface area contributed by atoms with Crippen LogP contribution in [0, 0.1) is 21.8 Å². The van der Waals surface area contributed by atoms with Crippen LogP contribution < -0.4 is 10.9 Å². The Labute approximate surface area is 175 Å². The minimum absolute atomic E-state index is 0.0512. The second-order valence-electron chi connectivity index (χ2n) is 7.40. The molecule has 1 aromatic heterocycles. The van der Waals surface area contributed by atoms with Gasteiger partial charge in [-0.15, -0.1) is 0 Å². The smallest absolute Gasteiger partial charge is 0.293 e. The van der Waals surface area contributed by atoms with Gasteiger partial charge in [-0.25, -0.2) is 9.37 Å². The lowest BCUT2D eigenvalue weighted by Crippen LogP contribution is -2.25. The van der Waals surface area contributed by atoms with Gasteiger partial charge < -0.3 is 10.3 Å². The van der Waals surface area contributed by atoms with Crippen molar-refractivity contribution < 1.29 is 9.31 Å². The van der Waals surface area contributed by atoms with Crippen molar-refractivity contribution in [1.29, 1.82) is 0 Å². The molecule has 30 heavy (non-hydrogen) atoms. The molecule has 2 unspecified atom stereocenters. The molecule has 3 aromatic rings. The molecule has 0 radical (unpaired) electrons. The number of aromatic amines is 1. The van der Waals surface area contributed by atoms with E-state index in [4.69, 9.17) is 11.6 Å². The second kappa shape index (κ2) is 8.00. The highest BCUT2D eigenvalue weighted by Gasteiger charge is 2.33. The van der Waals surface area contributed by atoms with Crippen molar-refractivity contribution in [3.63, 3.8) is 0 Å². The molecule has 2 N–H and O–H groups in total. The highest BCUT2D eigenvalue weighted by molar-refractivity contribution is 6.30. The monoisotopic (exact) mass is 431 g/mol. The van der Waals surface area contributed by atoms with Gasteiger partial charge in [0.2, 0.25) is 0 Å². The number of hydrogen-bond acceptors (Lipinski definition) is 6. The predicted octanol–water partition coefficient (Wildman–Crippen LogP) is 3.73. The van der Waals surface area contributed by atoms with Crippen LogP contribution in [0.2, 0.25) is 5.02 Å². The average molecular weight is 432 g/mol. The van der Waals surface area contributed by atoms with Crippen LogP contribution in [0.25, 0.3) is 10.9 Å². The summed E-state index contributed by atoms with van der Waals surface area (Å²) in [6.07, 6.45) is 2.11. The zero-order chi connectivity index (χ0) is 21.4. The Morgan fingerprint density at radius 1 is 1.40 bits per heavy atom. The standard InChI is InChI=1S/C20H19ClFN5O3/c1-26-5-4-12(19(26)11-2-3-14(21)15(22)6-11)9-23-17-8-16-13(7-18(17)27(29)30)20(28)25-10-24-16/h2-3,6-8,10,12,19,23H,4-5,9H2,1H3,(H,24,25,28). The summed E-state index contributed by atoms with van der Waals surface area (Å²) < 4.78 is 14.0. The largest absolute Gasteiger partial charge is 0.379 e. The summed E-state index contributed by atoms with van der Waals surface area (Å²) in [5, 5.41) is 14.9. The molecule has 0 saturated carbocycles. The minimum atomic E-state index is -0.527. The molecule has 0 spiro atoms. The maximum atomic E-state index is 14.0. The Bertz CT molecular complexity index is 1180. The summed E-state index contributed by atoms with van der Waals surface area (Å²) in [4.78, 5) is 31.6. The first-order valence-electron chi connectivity index (χ1n) is 9.40. The molecule has 0 amide bonds. The highest BCUT2D eigenvalue weighted by Crippen LogP contribution is 2.38. The molecule has 0 aliphatic carbocycles. The van der Waals surface area contributed by atoms with E-state index in [0.29, 0.717) is 17.7 Å². The summed E-state index contributed by atoms with van der Waals surface area (Å²) in [5.74, 6) is -0.374. The fourth-order valence-electron chi connectivity index (χ4n) is 4.10. The third-order valence-corrected chi connectivity index (χ3v) is 5.88. The number of nitrogens with one attached hydrogen (secondary N) is 2. The number of nitro benzene ring substituents is 1. The third-order valence-electron chi connectivity index (χ3n) is 5.57. The Morgan fingerprint density at radius 3 is 2.93 bits per heavy atom. The summed E-state index contributed by atoms with van der Waals surface area (Å²) in [6, 6.07) is 7.48. The van der Waals surface area contributed by atoms with Gasteiger partial charge in [0, 0.05) is 18.7 Å². The SMILES string of the molecule is CN1CCC(CNc2cc3nc[nH]c(=O)c3cc2[N+](=O)[O-])C1c1ccc(Cl)c(F)c1. The van der Waals surface area contributed by atoms with Gasteiger partial charge in [0.05, 0.1) is 27.2 Å². The first-order valence-corrected chi connectivity index (χ1v) is 9.78. The fourth-order valence-corrected chi connectivity index (χ4v) is 4.22. The van der Waals surface area contributed by atoms with Crippen molar-refractivity contribution in [1.82, 2.24) is 14.9 Å². The minimum Gasteiger partial charge on any atom is -0.379 e. The lowest BCUT2D eigenvalue weighted by molar-refractivity contribution is -0.383. The number of hydrogen-bond donors (Lipinski definition) is 2. The molecule has 2 atom stereocenters. The van der Waals surface area contributed by atoms with Gasteiger partial charge >= 0.3 is 0 Å². The normalized spacial score (nSPS) is 19.3. The van der Waals surface area contributed by atoms with E-state index >= 15 is 0 Å². The van der Waals surface area contributed by atoms with E-state index in [1.54, 1.807) is 12.1 Å². The maximum absolute atomic E-state index is 14.0. The van der Waals surface area contributed by atoms with E-state index in [2.05, 4.69) is 20.2 Å². The topological polar surface area (TPSA) is 104 Å². The molecule has 1 aliphatic heterocycles. The Morgan fingerprint density at radius 2 is 2.20 bits per heavy atom. The number of nitrogens with zero attached hydrogens (tertiary/aromatic N) is 3. The summed E-state index contributed by atoms with van der Waals surface area (Å²) >= 11 is 5.81. The van der Waals surface area contributed by atoms with Gasteiger partial charge in [0.15, 0.2) is 0 Å². The fraction of sp³-hybridized carbons (Fsp3) is 0.300. The number of halogens is 2. The van der Waals surface area contributed by atoms with Crippen LogP contribution in [0.4, 0.5) is 15.8 Å². The Kier molecular flexibility index (Phi) is 5.40. The average Bonchev–Trinajstić information content (AvgIpc) is 3.08. The van der Waals surface area contributed by atoms with Crippen molar-refractivity contribution in [2.45, 2.75) is 12.5 Å². The van der Waals surface area contributed by atoms with Gasteiger partial charge in [-0.2, -0.15) is 0 Å². The Balaban J connectivity index is 1.62. The van der Waals surface area contributed by atoms with Crippen LogP contribution in [-0.2, 0) is 0 Å². The summed E-state index contributed by atoms with van der Waals surface area (Å²) in [5.41, 5.74) is 0.844. The molecule has 2 aromatic carbocycles. The van der Waals surface area contributed by atoms with Gasteiger partial charge in [-0.05, 0) is 49.7 Å². The number of benzene rings is 2. The van der Waals surface area contributed by atoms with Gasteiger partial charge in [0.25, 0.3) is 11.2 Å². The number of nitro groups is 1. The molecule has 1 saturated heterocycles. The number of H-pyrrole nitrogens is 1. The van der Waals surface area contributed by atoms with E-state index in [1.165, 1.54) is 24.5 Å². The molecule has 8 nitrogen and oxygen atoms in total. The maximum Gasteiger partial charge on any atom is 0.293 e. The quantitative estimate of drug-likeness (QED) is 0.471. The predicted molar refractivity (Wildman–Crippen MR) is 112 cm³/mol. The zero-order valence-corrected chi connectivity index (χ0v) is 16.8. The van der Waals surface area contributed by atoms with Crippen molar-refractivity contribution in [2.24, 2.45) is 5.92 Å². The number of rotatable bonds is 5. The molecule has 1 fully saturated rings. The van der Waals surface area contributed by atoms with Crippen LogP contribution in [0.5, 0.6) is 0 Å². The third kappa shape index (κ3) is 3.73. The van der Waals surface area contributed by atoms with Crippen molar-refractivity contribution in [3.05, 3.63) is 73.5 Å². The lowest BCUT2D eigenvalue weighted by Gasteiger charge is -2.26. The zero-order valence-electron chi connectivity index (χ0n) is 16.1. The lowest BCUT2D eigenvalue weighted by atomic mass is 9.93. The molecule has 2 heterocycles. The second-order valence-corrected chi connectivity index (χ2v) is 7.81. The van der Waals surface area contributed by atoms with Crippen LogP contribution in [0.3, 0.4) is 0 Å². The summed E-state index contributed by atoms with van der Waals surface area (Å²) in [7, 11) is 1.96. The van der Waals surface area contributed by atoms with E-state index in [1.807, 2.05) is 7.05 Å². The van der Waals surface area contributed by atoms with Gasteiger partial charge in [-0.1, -0.05) is 17.7 Å². The number of anilines is 1. The molecule has 10 heteroatoms. The summed E-state index contributed by atoms with van der Waals surface area (Å²) in [6.45, 7) is 1.26. The molecule has 4 rings (SSSR count). The number of aromatic nitrogens is 2. The molecular formula is C20H19ClFN5O3. The van der Waals surface area contributed by atoms with Crippen LogP contribution in [-0.4, -0.2) is 39.9 Å². The van der Waals surface area contributed by atoms with Crippen molar-refractivity contribution in [3.8, 4) is 0 Å². The van der Waals surface area contributed by atoms with Crippen molar-refractivity contribution in [2.75, 3.05) is 25.5 Å². The number of likely N-dealkylation sites (tertiary alicyclic amines) is 1. The van der Waals surface area contributed by atoms with Gasteiger partial charge in [0.1, 0.15) is 11.5 Å². The van der Waals surface area contributed by atoms with E-state index in [9.17, 15) is 19.3 Å². The molecule has 0 bridgehead atoms. The first kappa shape index (κ1) is 20.2. The van der Waals surface area contributed by atoms with E-state index < -0.39 is 16.3 Å². The molecule has 156 valence electrons. The van der Waals surface area contributed by atoms with Crippen molar-refractivity contribution >= 4 is 33.9 Å². The molecule has 1 aliphatic rings. The highest BCUT2D eigenvalue weighted by atomic mass is 35.5. The van der Waals surface area contributed by atoms with Gasteiger partial charge in [-0.3, -0.25) is 19.8 Å². The van der Waals surface area contributed by atoms with Crippen LogP contribution in [0.1, 0.15) is 18.0 Å². The Hall–Kier alpha value is -3.04.